The van der Waals surface area contributed by atoms with Crippen LogP contribution in [-0.2, 0) is 0 Å². The Balaban J connectivity index is 2.40. The molecule has 1 aliphatic rings. The van der Waals surface area contributed by atoms with E-state index in [4.69, 9.17) is 11.6 Å². The monoisotopic (exact) mass is 279 g/mol. The minimum Gasteiger partial charge on any atom is -0.364 e. The molecule has 1 unspecified atom stereocenters. The Morgan fingerprint density at radius 1 is 1.39 bits per heavy atom. The fourth-order valence-electron chi connectivity index (χ4n) is 2.46. The molecule has 0 bridgehead atoms. The number of aromatic nitrogens is 2. The van der Waals surface area contributed by atoms with Crippen molar-refractivity contribution in [1.29, 1.82) is 0 Å². The summed E-state index contributed by atoms with van der Waals surface area (Å²) in [6.07, 6.45) is 1.82. The van der Waals surface area contributed by atoms with Crippen molar-refractivity contribution in [1.82, 2.24) is 9.97 Å². The van der Waals surface area contributed by atoms with Crippen molar-refractivity contribution in [3.8, 4) is 11.3 Å². The van der Waals surface area contributed by atoms with Crippen LogP contribution in [0.25, 0.3) is 11.3 Å². The summed E-state index contributed by atoms with van der Waals surface area (Å²) in [6.45, 7) is 6.29. The number of halogens is 1. The van der Waals surface area contributed by atoms with Crippen LogP contribution in [0.15, 0.2) is 6.20 Å². The summed E-state index contributed by atoms with van der Waals surface area (Å²) < 4.78 is 0. The molecule has 2 aromatic rings. The third-order valence-corrected chi connectivity index (χ3v) is 4.93. The minimum absolute atomic E-state index is 0.291. The lowest BCUT2D eigenvalue weighted by Gasteiger charge is -2.33. The summed E-state index contributed by atoms with van der Waals surface area (Å²) >= 11 is 8.03. The van der Waals surface area contributed by atoms with E-state index in [0.717, 1.165) is 27.5 Å². The van der Waals surface area contributed by atoms with Crippen LogP contribution in [0.3, 0.4) is 0 Å². The highest BCUT2D eigenvalue weighted by Gasteiger charge is 2.32. The van der Waals surface area contributed by atoms with Gasteiger partial charge in [0.15, 0.2) is 5.15 Å². The first kappa shape index (κ1) is 11.9. The average Bonchev–Trinajstić information content (AvgIpc) is 2.71. The molecule has 0 aliphatic carbocycles. The van der Waals surface area contributed by atoms with E-state index in [1.54, 1.807) is 11.3 Å². The van der Waals surface area contributed by atoms with Gasteiger partial charge in [0, 0.05) is 18.8 Å². The lowest BCUT2D eigenvalue weighted by molar-refractivity contribution is 0.741. The first-order chi connectivity index (χ1) is 8.50. The van der Waals surface area contributed by atoms with E-state index in [0.29, 0.717) is 11.2 Å². The van der Waals surface area contributed by atoms with Crippen molar-refractivity contribution in [2.24, 2.45) is 0 Å². The molecule has 3 rings (SSSR count). The Morgan fingerprint density at radius 2 is 2.11 bits per heavy atom. The zero-order chi connectivity index (χ0) is 13.0. The molecular formula is C13H14ClN3S. The number of hydrogen-bond acceptors (Lipinski definition) is 4. The molecule has 3 nitrogen and oxygen atoms in total. The van der Waals surface area contributed by atoms with E-state index in [-0.39, 0.29) is 0 Å². The number of fused-ring (bicyclic) bond motifs is 3. The van der Waals surface area contributed by atoms with Gasteiger partial charge in [-0.05, 0) is 26.3 Å². The maximum atomic E-state index is 6.27. The Bertz CT molecular complexity index is 635. The van der Waals surface area contributed by atoms with Crippen molar-refractivity contribution < 1.29 is 0 Å². The third-order valence-electron chi connectivity index (χ3n) is 3.51. The minimum atomic E-state index is 0.291. The number of anilines is 1. The van der Waals surface area contributed by atoms with Crippen LogP contribution in [0, 0.1) is 13.8 Å². The summed E-state index contributed by atoms with van der Waals surface area (Å²) in [7, 11) is 2.06. The van der Waals surface area contributed by atoms with Crippen molar-refractivity contribution >= 4 is 28.6 Å². The van der Waals surface area contributed by atoms with Crippen molar-refractivity contribution in [3.63, 3.8) is 0 Å². The van der Waals surface area contributed by atoms with E-state index in [1.807, 2.05) is 13.1 Å². The van der Waals surface area contributed by atoms with E-state index in [2.05, 4.69) is 35.8 Å². The molecule has 0 saturated carbocycles. The van der Waals surface area contributed by atoms with Crippen LogP contribution < -0.4 is 4.90 Å². The molecule has 18 heavy (non-hydrogen) atoms. The summed E-state index contributed by atoms with van der Waals surface area (Å²) in [5.74, 6) is 0. The van der Waals surface area contributed by atoms with E-state index in [9.17, 15) is 0 Å². The lowest BCUT2D eigenvalue weighted by Crippen LogP contribution is -2.26. The molecule has 0 aromatic carbocycles. The summed E-state index contributed by atoms with van der Waals surface area (Å²) in [6, 6.07) is 0.291. The van der Waals surface area contributed by atoms with Gasteiger partial charge in [0.05, 0.1) is 27.3 Å². The van der Waals surface area contributed by atoms with E-state index in [1.165, 1.54) is 4.88 Å². The zero-order valence-corrected chi connectivity index (χ0v) is 12.4. The van der Waals surface area contributed by atoms with Crippen LogP contribution >= 0.6 is 22.9 Å². The zero-order valence-electron chi connectivity index (χ0n) is 10.8. The maximum Gasteiger partial charge on any atom is 0.153 e. The van der Waals surface area contributed by atoms with Gasteiger partial charge in [-0.2, -0.15) is 0 Å². The third kappa shape index (κ3) is 1.49. The second-order valence-corrected chi connectivity index (χ2v) is 6.28. The van der Waals surface area contributed by atoms with Crippen LogP contribution in [0.1, 0.15) is 28.4 Å². The number of thiazole rings is 1. The van der Waals surface area contributed by atoms with Crippen LogP contribution in [-0.4, -0.2) is 17.0 Å². The van der Waals surface area contributed by atoms with E-state index >= 15 is 0 Å². The van der Waals surface area contributed by atoms with Crippen LogP contribution in [0.2, 0.25) is 5.15 Å². The van der Waals surface area contributed by atoms with E-state index < -0.39 is 0 Å². The van der Waals surface area contributed by atoms with Crippen LogP contribution in [0.4, 0.5) is 5.69 Å². The molecule has 1 aliphatic heterocycles. The van der Waals surface area contributed by atoms with Gasteiger partial charge in [0.1, 0.15) is 0 Å². The molecule has 5 heteroatoms. The molecule has 0 amide bonds. The molecular weight excluding hydrogens is 266 g/mol. The fraction of sp³-hybridized carbons (Fsp3) is 0.385. The number of aryl methyl sites for hydroxylation is 2. The number of pyridine rings is 1. The molecule has 0 spiro atoms. The maximum absolute atomic E-state index is 6.27. The Morgan fingerprint density at radius 3 is 2.83 bits per heavy atom. The van der Waals surface area contributed by atoms with Gasteiger partial charge in [-0.15, -0.1) is 11.3 Å². The first-order valence-corrected chi connectivity index (χ1v) is 7.05. The fourth-order valence-corrected chi connectivity index (χ4v) is 3.77. The molecule has 0 radical (unpaired) electrons. The quantitative estimate of drug-likeness (QED) is 0.683. The highest BCUT2D eigenvalue weighted by Crippen LogP contribution is 2.49. The molecule has 94 valence electrons. The van der Waals surface area contributed by atoms with Crippen molar-refractivity contribution in [2.75, 3.05) is 11.9 Å². The number of hydrogen-bond donors (Lipinski definition) is 0. The highest BCUT2D eigenvalue weighted by molar-refractivity contribution is 7.12. The number of rotatable bonds is 0. The predicted molar refractivity (Wildman–Crippen MR) is 76.6 cm³/mol. The van der Waals surface area contributed by atoms with Crippen molar-refractivity contribution in [2.45, 2.75) is 26.8 Å². The summed E-state index contributed by atoms with van der Waals surface area (Å²) in [5.41, 5.74) is 4.34. The van der Waals surface area contributed by atoms with Gasteiger partial charge < -0.3 is 4.90 Å². The average molecular weight is 280 g/mol. The predicted octanol–water partition coefficient (Wildman–Crippen LogP) is 3.99. The smallest absolute Gasteiger partial charge is 0.153 e. The van der Waals surface area contributed by atoms with Crippen molar-refractivity contribution in [3.05, 3.63) is 26.8 Å². The van der Waals surface area contributed by atoms with Gasteiger partial charge in [0.2, 0.25) is 0 Å². The van der Waals surface area contributed by atoms with Gasteiger partial charge >= 0.3 is 0 Å². The lowest BCUT2D eigenvalue weighted by atomic mass is 9.97. The standard InChI is InChI=1S/C13H14ClN3S/c1-6-5-15-13(14)11-9(6)10-12(7(2)17(11)4)18-8(3)16-10/h5,7H,1-4H3. The molecule has 2 aromatic heterocycles. The largest absolute Gasteiger partial charge is 0.364 e. The molecule has 0 saturated heterocycles. The molecule has 1 atom stereocenters. The first-order valence-electron chi connectivity index (χ1n) is 5.86. The molecule has 3 heterocycles. The molecule has 0 fully saturated rings. The number of nitrogens with zero attached hydrogens (tertiary/aromatic N) is 3. The second-order valence-electron chi connectivity index (χ2n) is 4.69. The molecule has 0 N–H and O–H groups in total. The normalized spacial score (nSPS) is 17.6. The highest BCUT2D eigenvalue weighted by atomic mass is 35.5. The van der Waals surface area contributed by atoms with Gasteiger partial charge in [0.25, 0.3) is 0 Å². The van der Waals surface area contributed by atoms with Gasteiger partial charge in [-0.25, -0.2) is 9.97 Å². The SMILES string of the molecule is Cc1nc2c(s1)C(C)N(C)c1c(Cl)ncc(C)c1-2. The summed E-state index contributed by atoms with van der Waals surface area (Å²) in [4.78, 5) is 12.4. The Hall–Kier alpha value is -1.13. The topological polar surface area (TPSA) is 29.0 Å². The summed E-state index contributed by atoms with van der Waals surface area (Å²) in [5, 5.41) is 1.65. The second kappa shape index (κ2) is 3.93. The Kier molecular flexibility index (Phi) is 2.61. The van der Waals surface area contributed by atoms with Crippen LogP contribution in [0.5, 0.6) is 0 Å². The van der Waals surface area contributed by atoms with Gasteiger partial charge in [-0.1, -0.05) is 11.6 Å². The van der Waals surface area contributed by atoms with Gasteiger partial charge in [-0.3, -0.25) is 0 Å². The Labute approximate surface area is 115 Å².